The van der Waals surface area contributed by atoms with Crippen LogP contribution in [0.25, 0.3) is 10.9 Å². The van der Waals surface area contributed by atoms with Crippen LogP contribution >= 0.6 is 0 Å². The van der Waals surface area contributed by atoms with Crippen molar-refractivity contribution in [2.24, 2.45) is 0 Å². The zero-order chi connectivity index (χ0) is 24.5. The summed E-state index contributed by atoms with van der Waals surface area (Å²) < 4.78 is 93.5. The summed E-state index contributed by atoms with van der Waals surface area (Å²) in [7, 11) is 0.903. The molecule has 5 heteroatoms. The van der Waals surface area contributed by atoms with Crippen LogP contribution in [0.15, 0.2) is 24.4 Å². The predicted octanol–water partition coefficient (Wildman–Crippen LogP) is 1.92. The van der Waals surface area contributed by atoms with Crippen molar-refractivity contribution in [1.82, 2.24) is 15.2 Å². The fourth-order valence-electron chi connectivity index (χ4n) is 1.95. The number of amides is 1. The van der Waals surface area contributed by atoms with Crippen molar-refractivity contribution < 1.29 is 24.6 Å². The number of benzene rings is 1. The molecule has 0 radical (unpaired) electrons. The number of hydrogen-bond acceptors (Lipinski definition) is 3. The first-order chi connectivity index (χ1) is 14.4. The van der Waals surface area contributed by atoms with E-state index in [2.05, 4.69) is 15.0 Å². The van der Waals surface area contributed by atoms with Crippen molar-refractivity contribution in [2.75, 3.05) is 27.1 Å². The van der Waals surface area contributed by atoms with Crippen molar-refractivity contribution in [3.05, 3.63) is 35.5 Å². The van der Waals surface area contributed by atoms with Gasteiger partial charge in [0.05, 0.1) is 8.76 Å². The number of rotatable bonds is 5. The summed E-state index contributed by atoms with van der Waals surface area (Å²) in [5.41, 5.74) is -0.463. The number of carbonyl (C=O) groups excluding carboxylic acids is 1. The Labute approximate surface area is 139 Å². The molecule has 1 aliphatic heterocycles. The maximum Gasteiger partial charge on any atom is 0.407 e. The fraction of sp³-hybridized carbons (Fsp3) is 0.438. The number of likely N-dealkylation sites (N-methyl/N-ethyl adjacent to an activating group) is 1. The quantitative estimate of drug-likeness (QED) is 0.887. The van der Waals surface area contributed by atoms with Crippen molar-refractivity contribution in [2.45, 2.75) is 18.8 Å². The van der Waals surface area contributed by atoms with Gasteiger partial charge in [-0.15, -0.1) is 0 Å². The molecule has 1 fully saturated rings. The molecule has 1 saturated heterocycles. The Bertz CT molecular complexity index is 1070. The highest BCUT2D eigenvalue weighted by atomic mass is 16.6. The SMILES string of the molecule is [2H]c1[nH]c2ccc(C([2H])([2H])[C@@]3([2H])COC(=O)N3)cc2c1C([2H])([2H])C([2H])([2H])N(C)C([2H])([2H])[2H]. The Hall–Kier alpha value is -2.01. The molecule has 5 nitrogen and oxygen atoms in total. The number of alkyl carbamates (subject to hydrolysis) is 1. The van der Waals surface area contributed by atoms with Crippen LogP contribution in [0.4, 0.5) is 4.79 Å². The highest BCUT2D eigenvalue weighted by Gasteiger charge is 2.22. The monoisotopic (exact) mass is 298 g/mol. The Morgan fingerprint density at radius 1 is 1.67 bits per heavy atom. The van der Waals surface area contributed by atoms with Gasteiger partial charge in [-0.1, -0.05) is 6.07 Å². The van der Waals surface area contributed by atoms with E-state index < -0.39 is 56.7 Å². The second-order valence-corrected chi connectivity index (χ2v) is 4.49. The Morgan fingerprint density at radius 2 is 2.57 bits per heavy atom. The molecule has 21 heavy (non-hydrogen) atoms. The maximum atomic E-state index is 11.4. The number of aromatic nitrogens is 1. The van der Waals surface area contributed by atoms with E-state index in [1.165, 1.54) is 12.1 Å². The summed E-state index contributed by atoms with van der Waals surface area (Å²) in [4.78, 5) is 14.2. The van der Waals surface area contributed by atoms with E-state index in [-0.39, 0.29) is 21.4 Å². The Balaban J connectivity index is 2.18. The molecule has 0 bridgehead atoms. The number of fused-ring (bicyclic) bond motifs is 1. The number of carbonyl (C=O) groups is 1. The van der Waals surface area contributed by atoms with E-state index in [4.69, 9.17) is 15.1 Å². The van der Waals surface area contributed by atoms with E-state index in [1.54, 1.807) is 0 Å². The van der Waals surface area contributed by atoms with Crippen LogP contribution in [0, 0.1) is 0 Å². The molecule has 2 heterocycles. The highest BCUT2D eigenvalue weighted by molar-refractivity contribution is 5.84. The van der Waals surface area contributed by atoms with Crippen molar-refractivity contribution in [1.29, 1.82) is 0 Å². The standard InChI is InChI=1S/C16H21N3O2/c1-19(2)6-5-12-9-17-15-4-3-11(8-14(12)15)7-13-10-21-16(20)18-13/h3-4,8-9,13,17H,5-7,10H2,1-2H3,(H,18,20)/t13-/m0/s1/i1D3,5D2,6D2,7D2,9D,13D. The number of cyclic esters (lactones) is 1. The molecule has 3 rings (SSSR count). The first-order valence-corrected chi connectivity index (χ1v) is 6.18. The number of nitrogens with one attached hydrogen (secondary N) is 2. The maximum absolute atomic E-state index is 11.4. The van der Waals surface area contributed by atoms with Crippen molar-refractivity contribution in [3.8, 4) is 0 Å². The Kier molecular flexibility index (Phi) is 1.65. The molecule has 2 N–H and O–H groups in total. The summed E-state index contributed by atoms with van der Waals surface area (Å²) in [5.74, 6) is 0. The van der Waals surface area contributed by atoms with Crippen LogP contribution in [0.2, 0.25) is 0 Å². The van der Waals surface area contributed by atoms with Gasteiger partial charge in [-0.3, -0.25) is 0 Å². The van der Waals surface area contributed by atoms with Crippen molar-refractivity contribution >= 4 is 17.0 Å². The summed E-state index contributed by atoms with van der Waals surface area (Å²) in [5, 5.41) is 2.05. The number of ether oxygens (including phenoxy) is 1. The second kappa shape index (κ2) is 5.77. The summed E-state index contributed by atoms with van der Waals surface area (Å²) in [6.07, 6.45) is -6.99. The molecule has 1 aromatic carbocycles. The zero-order valence-corrected chi connectivity index (χ0v) is 11.2. The molecular formula is C16H21N3O2. The fourth-order valence-corrected chi connectivity index (χ4v) is 1.95. The lowest BCUT2D eigenvalue weighted by Crippen LogP contribution is -2.28. The molecule has 1 amide bonds. The predicted molar refractivity (Wildman–Crippen MR) is 82.5 cm³/mol. The number of aromatic amines is 1. The minimum atomic E-state index is -3.08. The number of H-pyrrole nitrogens is 1. The highest BCUT2D eigenvalue weighted by Crippen LogP contribution is 2.21. The molecule has 2 aromatic rings. The normalized spacial score (nSPS) is 32.1. The van der Waals surface area contributed by atoms with Gasteiger partial charge < -0.3 is 19.9 Å². The van der Waals surface area contributed by atoms with Crippen LogP contribution in [0.3, 0.4) is 0 Å². The van der Waals surface area contributed by atoms with E-state index in [0.29, 0.717) is 0 Å². The number of nitrogens with zero attached hydrogens (tertiary/aromatic N) is 1. The van der Waals surface area contributed by atoms with Gasteiger partial charge in [-0.2, -0.15) is 0 Å². The molecule has 1 aliphatic rings. The first-order valence-electron chi connectivity index (χ1n) is 11.7. The van der Waals surface area contributed by atoms with Gasteiger partial charge in [-0.25, -0.2) is 4.79 Å². The van der Waals surface area contributed by atoms with Crippen LogP contribution in [-0.4, -0.2) is 49.1 Å². The third-order valence-electron chi connectivity index (χ3n) is 2.86. The van der Waals surface area contributed by atoms with E-state index in [1.807, 2.05) is 0 Å². The second-order valence-electron chi connectivity index (χ2n) is 4.49. The molecule has 0 spiro atoms. The smallest absolute Gasteiger partial charge is 0.407 e. The lowest BCUT2D eigenvalue weighted by Gasteiger charge is -2.09. The molecule has 0 aliphatic carbocycles. The third-order valence-corrected chi connectivity index (χ3v) is 2.86. The third kappa shape index (κ3) is 3.19. The van der Waals surface area contributed by atoms with Gasteiger partial charge in [0, 0.05) is 35.9 Å². The summed E-state index contributed by atoms with van der Waals surface area (Å²) >= 11 is 0. The molecule has 0 saturated carbocycles. The lowest BCUT2D eigenvalue weighted by atomic mass is 10.0. The van der Waals surface area contributed by atoms with Gasteiger partial charge in [0.25, 0.3) is 0 Å². The zero-order valence-electron chi connectivity index (χ0n) is 22.2. The van der Waals surface area contributed by atoms with Crippen LogP contribution < -0.4 is 5.32 Å². The van der Waals surface area contributed by atoms with E-state index in [9.17, 15) is 4.79 Å². The average Bonchev–Trinajstić information content (AvgIpc) is 3.18. The number of aryl methyl sites for hydroxylation is 1. The van der Waals surface area contributed by atoms with Crippen LogP contribution in [-0.2, 0) is 17.5 Å². The largest absolute Gasteiger partial charge is 0.447 e. The lowest BCUT2D eigenvalue weighted by molar-refractivity contribution is 0.177. The van der Waals surface area contributed by atoms with Gasteiger partial charge in [0.1, 0.15) is 6.61 Å². The topological polar surface area (TPSA) is 57.4 Å². The minimum absolute atomic E-state index is 0.0574. The number of hydrogen-bond donors (Lipinski definition) is 2. The summed E-state index contributed by atoms with van der Waals surface area (Å²) in [6.45, 7) is -6.62. The molecule has 0 unspecified atom stereocenters. The van der Waals surface area contributed by atoms with Gasteiger partial charge in [-0.05, 0) is 50.0 Å². The van der Waals surface area contributed by atoms with Crippen LogP contribution in [0.1, 0.15) is 26.2 Å². The molecular weight excluding hydrogens is 266 g/mol. The minimum Gasteiger partial charge on any atom is -0.447 e. The van der Waals surface area contributed by atoms with Crippen molar-refractivity contribution in [3.63, 3.8) is 0 Å². The Morgan fingerprint density at radius 3 is 3.33 bits per heavy atom. The van der Waals surface area contributed by atoms with Gasteiger partial charge in [0.2, 0.25) is 0 Å². The van der Waals surface area contributed by atoms with Crippen LogP contribution in [0.5, 0.6) is 0 Å². The first kappa shape index (κ1) is 6.01. The molecule has 112 valence electrons. The molecule has 1 atom stereocenters. The van der Waals surface area contributed by atoms with Gasteiger partial charge in [0.15, 0.2) is 0 Å². The average molecular weight is 298 g/mol. The van der Waals surface area contributed by atoms with E-state index >= 15 is 0 Å². The van der Waals surface area contributed by atoms with Gasteiger partial charge >= 0.3 is 6.09 Å². The summed E-state index contributed by atoms with van der Waals surface area (Å²) in [6, 6.07) is 1.61. The van der Waals surface area contributed by atoms with E-state index in [0.717, 1.165) is 13.1 Å². The molecule has 1 aromatic heterocycles.